The van der Waals surface area contributed by atoms with Crippen LogP contribution in [0.15, 0.2) is 48.8 Å². The Hall–Kier alpha value is -2.75. The Labute approximate surface area is 122 Å². The molecule has 104 valence electrons. The summed E-state index contributed by atoms with van der Waals surface area (Å²) >= 11 is 0. The van der Waals surface area contributed by atoms with Crippen molar-refractivity contribution < 1.29 is 9.53 Å². The Kier molecular flexibility index (Phi) is 3.36. The second-order valence-electron chi connectivity index (χ2n) is 4.70. The third-order valence-electron chi connectivity index (χ3n) is 3.40. The van der Waals surface area contributed by atoms with Crippen molar-refractivity contribution >= 4 is 16.7 Å². The SMILES string of the molecule is COc1ccc(-c2ccc(C(C)=O)cn2)c2cccnc12. The molecule has 2 heterocycles. The van der Waals surface area contributed by atoms with E-state index in [4.69, 9.17) is 4.74 Å². The standard InChI is InChI=1S/C17H14N2O2/c1-11(20)12-5-7-15(19-10-12)13-6-8-16(21-2)17-14(13)4-3-9-18-17/h3-10H,1-2H3. The van der Waals surface area contributed by atoms with Crippen LogP contribution in [0.2, 0.25) is 0 Å². The highest BCUT2D eigenvalue weighted by Crippen LogP contribution is 2.32. The van der Waals surface area contributed by atoms with Gasteiger partial charge in [0.25, 0.3) is 0 Å². The van der Waals surface area contributed by atoms with E-state index in [0.717, 1.165) is 27.9 Å². The number of ketones is 1. The molecular formula is C17H14N2O2. The van der Waals surface area contributed by atoms with Gasteiger partial charge in [-0.2, -0.15) is 0 Å². The molecule has 3 aromatic rings. The molecule has 0 unspecified atom stereocenters. The number of ether oxygens (including phenoxy) is 1. The predicted octanol–water partition coefficient (Wildman–Crippen LogP) is 3.51. The van der Waals surface area contributed by atoms with Gasteiger partial charge >= 0.3 is 0 Å². The van der Waals surface area contributed by atoms with Gasteiger partial charge in [-0.1, -0.05) is 6.07 Å². The maximum atomic E-state index is 11.3. The molecule has 0 spiro atoms. The highest BCUT2D eigenvalue weighted by molar-refractivity contribution is 5.98. The molecule has 0 aliphatic carbocycles. The molecule has 4 nitrogen and oxygen atoms in total. The number of carbonyl (C=O) groups excluding carboxylic acids is 1. The molecule has 1 aromatic carbocycles. The van der Waals surface area contributed by atoms with E-state index in [0.29, 0.717) is 5.56 Å². The number of carbonyl (C=O) groups is 1. The van der Waals surface area contributed by atoms with E-state index >= 15 is 0 Å². The van der Waals surface area contributed by atoms with Crippen molar-refractivity contribution in [3.8, 4) is 17.0 Å². The van der Waals surface area contributed by atoms with Crippen molar-refractivity contribution in [1.82, 2.24) is 9.97 Å². The lowest BCUT2D eigenvalue weighted by Gasteiger charge is -2.09. The number of methoxy groups -OCH3 is 1. The molecule has 0 aliphatic rings. The number of aromatic nitrogens is 2. The van der Waals surface area contributed by atoms with Crippen LogP contribution >= 0.6 is 0 Å². The first-order chi connectivity index (χ1) is 10.2. The van der Waals surface area contributed by atoms with Gasteiger partial charge in [-0.3, -0.25) is 14.8 Å². The Morgan fingerprint density at radius 1 is 1.10 bits per heavy atom. The number of rotatable bonds is 3. The summed E-state index contributed by atoms with van der Waals surface area (Å²) in [5.74, 6) is 0.741. The van der Waals surface area contributed by atoms with Gasteiger partial charge < -0.3 is 4.74 Å². The molecule has 0 saturated heterocycles. The lowest BCUT2D eigenvalue weighted by atomic mass is 10.0. The molecule has 0 bridgehead atoms. The first kappa shape index (κ1) is 13.2. The van der Waals surface area contributed by atoms with Gasteiger partial charge in [0, 0.05) is 28.9 Å². The Morgan fingerprint density at radius 2 is 1.95 bits per heavy atom. The Bertz CT molecular complexity index is 811. The zero-order chi connectivity index (χ0) is 14.8. The van der Waals surface area contributed by atoms with Crippen molar-refractivity contribution in [2.24, 2.45) is 0 Å². The van der Waals surface area contributed by atoms with Crippen molar-refractivity contribution in [2.75, 3.05) is 7.11 Å². The van der Waals surface area contributed by atoms with Crippen LogP contribution in [0.4, 0.5) is 0 Å². The van der Waals surface area contributed by atoms with E-state index in [1.54, 1.807) is 25.6 Å². The Morgan fingerprint density at radius 3 is 2.62 bits per heavy atom. The highest BCUT2D eigenvalue weighted by Gasteiger charge is 2.10. The number of benzene rings is 1. The van der Waals surface area contributed by atoms with Gasteiger partial charge in [-0.25, -0.2) is 0 Å². The van der Waals surface area contributed by atoms with Crippen LogP contribution in [0.1, 0.15) is 17.3 Å². The average Bonchev–Trinajstić information content (AvgIpc) is 2.54. The molecular weight excluding hydrogens is 264 g/mol. The van der Waals surface area contributed by atoms with Crippen molar-refractivity contribution in [1.29, 1.82) is 0 Å². The lowest BCUT2D eigenvalue weighted by molar-refractivity contribution is 0.101. The molecule has 4 heteroatoms. The predicted molar refractivity (Wildman–Crippen MR) is 81.5 cm³/mol. The summed E-state index contributed by atoms with van der Waals surface area (Å²) in [4.78, 5) is 20.1. The summed E-state index contributed by atoms with van der Waals surface area (Å²) in [6.07, 6.45) is 3.34. The fourth-order valence-corrected chi connectivity index (χ4v) is 2.30. The highest BCUT2D eigenvalue weighted by atomic mass is 16.5. The van der Waals surface area contributed by atoms with Crippen LogP contribution in [0.3, 0.4) is 0 Å². The summed E-state index contributed by atoms with van der Waals surface area (Å²) < 4.78 is 5.34. The molecule has 0 atom stereocenters. The molecule has 21 heavy (non-hydrogen) atoms. The number of hydrogen-bond donors (Lipinski definition) is 0. The summed E-state index contributed by atoms with van der Waals surface area (Å²) in [6.45, 7) is 1.53. The minimum absolute atomic E-state index is 0.00954. The fraction of sp³-hybridized carbons (Fsp3) is 0.118. The molecule has 2 aromatic heterocycles. The zero-order valence-corrected chi connectivity index (χ0v) is 11.8. The Balaban J connectivity index is 2.18. The van der Waals surface area contributed by atoms with E-state index in [1.165, 1.54) is 6.92 Å². The zero-order valence-electron chi connectivity index (χ0n) is 11.8. The topological polar surface area (TPSA) is 52.1 Å². The van der Waals surface area contributed by atoms with Crippen molar-refractivity contribution in [3.05, 3.63) is 54.4 Å². The molecule has 0 fully saturated rings. The van der Waals surface area contributed by atoms with E-state index in [-0.39, 0.29) is 5.78 Å². The average molecular weight is 278 g/mol. The monoisotopic (exact) mass is 278 g/mol. The van der Waals surface area contributed by atoms with Crippen LogP contribution in [-0.4, -0.2) is 22.9 Å². The van der Waals surface area contributed by atoms with E-state index in [1.807, 2.05) is 30.3 Å². The minimum Gasteiger partial charge on any atom is -0.494 e. The second-order valence-corrected chi connectivity index (χ2v) is 4.70. The van der Waals surface area contributed by atoms with Gasteiger partial charge in [-0.05, 0) is 37.3 Å². The van der Waals surface area contributed by atoms with Gasteiger partial charge in [0.05, 0.1) is 12.8 Å². The fourth-order valence-electron chi connectivity index (χ4n) is 2.30. The van der Waals surface area contributed by atoms with Gasteiger partial charge in [0.2, 0.25) is 0 Å². The summed E-state index contributed by atoms with van der Waals surface area (Å²) in [5.41, 5.74) is 3.18. The second kappa shape index (κ2) is 5.32. The lowest BCUT2D eigenvalue weighted by Crippen LogP contribution is -1.95. The van der Waals surface area contributed by atoms with Crippen LogP contribution in [0.5, 0.6) is 5.75 Å². The van der Waals surface area contributed by atoms with Crippen LogP contribution in [-0.2, 0) is 0 Å². The third-order valence-corrected chi connectivity index (χ3v) is 3.40. The van der Waals surface area contributed by atoms with Crippen molar-refractivity contribution in [2.45, 2.75) is 6.92 Å². The molecule has 0 N–H and O–H groups in total. The first-order valence-electron chi connectivity index (χ1n) is 6.60. The summed E-state index contributed by atoms with van der Waals surface area (Å²) in [7, 11) is 1.63. The van der Waals surface area contributed by atoms with Crippen LogP contribution in [0, 0.1) is 0 Å². The largest absolute Gasteiger partial charge is 0.494 e. The van der Waals surface area contributed by atoms with Gasteiger partial charge in [-0.15, -0.1) is 0 Å². The number of Topliss-reactive ketones (excluding diaryl/α,β-unsaturated/α-hetero) is 1. The molecule has 0 amide bonds. The minimum atomic E-state index is 0.00954. The van der Waals surface area contributed by atoms with Crippen LogP contribution < -0.4 is 4.74 Å². The third kappa shape index (κ3) is 2.36. The van der Waals surface area contributed by atoms with Crippen molar-refractivity contribution in [3.63, 3.8) is 0 Å². The number of fused-ring (bicyclic) bond motifs is 1. The van der Waals surface area contributed by atoms with Gasteiger partial charge in [0.15, 0.2) is 5.78 Å². The van der Waals surface area contributed by atoms with E-state index in [9.17, 15) is 4.79 Å². The number of pyridine rings is 2. The molecule has 0 radical (unpaired) electrons. The summed E-state index contributed by atoms with van der Waals surface area (Å²) in [6, 6.07) is 11.3. The quantitative estimate of drug-likeness (QED) is 0.688. The normalized spacial score (nSPS) is 10.6. The first-order valence-corrected chi connectivity index (χ1v) is 6.60. The smallest absolute Gasteiger partial charge is 0.161 e. The molecule has 0 aliphatic heterocycles. The van der Waals surface area contributed by atoms with E-state index in [2.05, 4.69) is 9.97 Å². The summed E-state index contributed by atoms with van der Waals surface area (Å²) in [5, 5.41) is 0.972. The van der Waals surface area contributed by atoms with Crippen LogP contribution in [0.25, 0.3) is 22.2 Å². The van der Waals surface area contributed by atoms with E-state index < -0.39 is 0 Å². The molecule has 3 rings (SSSR count). The number of hydrogen-bond acceptors (Lipinski definition) is 4. The maximum Gasteiger partial charge on any atom is 0.161 e. The maximum absolute atomic E-state index is 11.3. The molecule has 0 saturated carbocycles. The number of nitrogens with zero attached hydrogens (tertiary/aromatic N) is 2. The van der Waals surface area contributed by atoms with Gasteiger partial charge in [0.1, 0.15) is 11.3 Å².